The Balaban J connectivity index is 2.22. The Morgan fingerprint density at radius 3 is 2.92 bits per heavy atom. The highest BCUT2D eigenvalue weighted by Crippen LogP contribution is 2.12. The SMILES string of the molecule is CCCCN(C)CC1=CC=CCC1. The minimum absolute atomic E-state index is 1.16. The van der Waals surface area contributed by atoms with E-state index in [1.54, 1.807) is 5.57 Å². The molecule has 13 heavy (non-hydrogen) atoms. The molecule has 0 N–H and O–H groups in total. The van der Waals surface area contributed by atoms with Crippen LogP contribution in [0.3, 0.4) is 0 Å². The van der Waals surface area contributed by atoms with Gasteiger partial charge in [-0.15, -0.1) is 0 Å². The molecule has 74 valence electrons. The summed E-state index contributed by atoms with van der Waals surface area (Å²) in [6, 6.07) is 0. The smallest absolute Gasteiger partial charge is 0.0193 e. The molecule has 0 heterocycles. The fourth-order valence-corrected chi connectivity index (χ4v) is 1.64. The molecule has 0 atom stereocenters. The van der Waals surface area contributed by atoms with E-state index in [4.69, 9.17) is 0 Å². The summed E-state index contributed by atoms with van der Waals surface area (Å²) in [5.74, 6) is 0. The maximum Gasteiger partial charge on any atom is 0.0193 e. The maximum atomic E-state index is 2.43. The van der Waals surface area contributed by atoms with Crippen LogP contribution >= 0.6 is 0 Å². The fraction of sp³-hybridized carbons (Fsp3) is 0.667. The molecule has 0 saturated carbocycles. The molecule has 0 amide bonds. The lowest BCUT2D eigenvalue weighted by Gasteiger charge is -2.19. The Morgan fingerprint density at radius 1 is 1.46 bits per heavy atom. The van der Waals surface area contributed by atoms with E-state index in [0.717, 1.165) is 6.54 Å². The first-order valence-electron chi connectivity index (χ1n) is 5.36. The average molecular weight is 179 g/mol. The molecule has 1 heteroatoms. The number of nitrogens with zero attached hydrogens (tertiary/aromatic N) is 1. The van der Waals surface area contributed by atoms with Gasteiger partial charge in [0.1, 0.15) is 0 Å². The molecule has 0 aromatic carbocycles. The summed E-state index contributed by atoms with van der Waals surface area (Å²) in [4.78, 5) is 2.43. The first-order chi connectivity index (χ1) is 6.33. The van der Waals surface area contributed by atoms with E-state index in [9.17, 15) is 0 Å². The van der Waals surface area contributed by atoms with Gasteiger partial charge in [-0.3, -0.25) is 0 Å². The van der Waals surface area contributed by atoms with Crippen molar-refractivity contribution < 1.29 is 0 Å². The van der Waals surface area contributed by atoms with Gasteiger partial charge in [0.25, 0.3) is 0 Å². The minimum Gasteiger partial charge on any atom is -0.302 e. The van der Waals surface area contributed by atoms with Crippen LogP contribution in [0.25, 0.3) is 0 Å². The van der Waals surface area contributed by atoms with Gasteiger partial charge in [-0.2, -0.15) is 0 Å². The zero-order chi connectivity index (χ0) is 9.52. The van der Waals surface area contributed by atoms with Crippen LogP contribution in [0.5, 0.6) is 0 Å². The van der Waals surface area contributed by atoms with Crippen LogP contribution < -0.4 is 0 Å². The van der Waals surface area contributed by atoms with E-state index >= 15 is 0 Å². The van der Waals surface area contributed by atoms with E-state index in [1.807, 2.05) is 0 Å². The van der Waals surface area contributed by atoms with Crippen LogP contribution in [0, 0.1) is 0 Å². The van der Waals surface area contributed by atoms with Crippen molar-refractivity contribution in [2.45, 2.75) is 32.6 Å². The first kappa shape index (κ1) is 10.5. The number of hydrogen-bond donors (Lipinski definition) is 0. The lowest BCUT2D eigenvalue weighted by Crippen LogP contribution is -2.22. The Morgan fingerprint density at radius 2 is 2.31 bits per heavy atom. The van der Waals surface area contributed by atoms with Gasteiger partial charge in [-0.1, -0.05) is 37.1 Å². The molecule has 0 unspecified atom stereocenters. The zero-order valence-corrected chi connectivity index (χ0v) is 8.92. The molecule has 0 fully saturated rings. The van der Waals surface area contributed by atoms with Gasteiger partial charge in [0.15, 0.2) is 0 Å². The zero-order valence-electron chi connectivity index (χ0n) is 8.92. The van der Waals surface area contributed by atoms with Gasteiger partial charge < -0.3 is 4.90 Å². The van der Waals surface area contributed by atoms with E-state index in [1.165, 1.54) is 32.2 Å². The average Bonchev–Trinajstić information content (AvgIpc) is 2.16. The molecule has 1 nitrogen and oxygen atoms in total. The molecule has 0 saturated heterocycles. The predicted molar refractivity (Wildman–Crippen MR) is 58.9 cm³/mol. The highest BCUT2D eigenvalue weighted by Gasteiger charge is 2.03. The quantitative estimate of drug-likeness (QED) is 0.627. The minimum atomic E-state index is 1.16. The maximum absolute atomic E-state index is 2.43. The molecular formula is C12H21N. The van der Waals surface area contributed by atoms with Crippen molar-refractivity contribution >= 4 is 0 Å². The van der Waals surface area contributed by atoms with Crippen molar-refractivity contribution in [2.75, 3.05) is 20.1 Å². The Labute approximate surface area is 82.1 Å². The van der Waals surface area contributed by atoms with Gasteiger partial charge in [0.2, 0.25) is 0 Å². The van der Waals surface area contributed by atoms with Gasteiger partial charge >= 0.3 is 0 Å². The summed E-state index contributed by atoms with van der Waals surface area (Å²) >= 11 is 0. The van der Waals surface area contributed by atoms with E-state index in [-0.39, 0.29) is 0 Å². The molecule has 0 aromatic heterocycles. The summed E-state index contributed by atoms with van der Waals surface area (Å²) in [7, 11) is 2.22. The molecule has 0 spiro atoms. The highest BCUT2D eigenvalue weighted by atomic mass is 15.1. The third kappa shape index (κ3) is 4.28. The van der Waals surface area contributed by atoms with Crippen molar-refractivity contribution in [1.82, 2.24) is 4.90 Å². The monoisotopic (exact) mass is 179 g/mol. The first-order valence-corrected chi connectivity index (χ1v) is 5.36. The standard InChI is InChI=1S/C12H21N/c1-3-4-10-13(2)11-12-8-6-5-7-9-12/h5-6,8H,3-4,7,9-11H2,1-2H3. The third-order valence-electron chi connectivity index (χ3n) is 2.47. The van der Waals surface area contributed by atoms with E-state index < -0.39 is 0 Å². The molecule has 1 aliphatic carbocycles. The topological polar surface area (TPSA) is 3.24 Å². The van der Waals surface area contributed by atoms with Gasteiger partial charge in [0.05, 0.1) is 0 Å². The summed E-state index contributed by atoms with van der Waals surface area (Å²) in [6.07, 6.45) is 11.8. The largest absolute Gasteiger partial charge is 0.302 e. The fourth-order valence-electron chi connectivity index (χ4n) is 1.64. The summed E-state index contributed by atoms with van der Waals surface area (Å²) < 4.78 is 0. The second kappa shape index (κ2) is 5.98. The van der Waals surface area contributed by atoms with Crippen LogP contribution in [0.4, 0.5) is 0 Å². The summed E-state index contributed by atoms with van der Waals surface area (Å²) in [5.41, 5.74) is 1.58. The normalized spacial score (nSPS) is 16.4. The van der Waals surface area contributed by atoms with E-state index in [0.29, 0.717) is 0 Å². The second-order valence-corrected chi connectivity index (χ2v) is 3.88. The number of hydrogen-bond acceptors (Lipinski definition) is 1. The molecule has 1 rings (SSSR count). The van der Waals surface area contributed by atoms with Crippen molar-refractivity contribution in [3.05, 3.63) is 23.8 Å². The van der Waals surface area contributed by atoms with Crippen LogP contribution in [-0.4, -0.2) is 25.0 Å². The van der Waals surface area contributed by atoms with Crippen molar-refractivity contribution in [1.29, 1.82) is 0 Å². The second-order valence-electron chi connectivity index (χ2n) is 3.88. The van der Waals surface area contributed by atoms with Crippen molar-refractivity contribution in [3.63, 3.8) is 0 Å². The van der Waals surface area contributed by atoms with Gasteiger partial charge in [-0.05, 0) is 32.9 Å². The van der Waals surface area contributed by atoms with Crippen molar-refractivity contribution in [2.24, 2.45) is 0 Å². The summed E-state index contributed by atoms with van der Waals surface area (Å²) in [6.45, 7) is 4.64. The number of rotatable bonds is 5. The number of allylic oxidation sites excluding steroid dienone is 3. The van der Waals surface area contributed by atoms with Crippen LogP contribution in [0.1, 0.15) is 32.6 Å². The molecule has 0 radical (unpaired) electrons. The van der Waals surface area contributed by atoms with E-state index in [2.05, 4.69) is 37.1 Å². The highest BCUT2D eigenvalue weighted by molar-refractivity contribution is 5.18. The molecule has 1 aliphatic rings. The third-order valence-corrected chi connectivity index (χ3v) is 2.47. The lowest BCUT2D eigenvalue weighted by molar-refractivity contribution is 0.351. The van der Waals surface area contributed by atoms with Gasteiger partial charge in [-0.25, -0.2) is 0 Å². The van der Waals surface area contributed by atoms with Crippen LogP contribution in [0.2, 0.25) is 0 Å². The molecule has 0 bridgehead atoms. The van der Waals surface area contributed by atoms with Crippen LogP contribution in [-0.2, 0) is 0 Å². The predicted octanol–water partition coefficient (Wildman–Crippen LogP) is 2.99. The Bertz CT molecular complexity index is 191. The summed E-state index contributed by atoms with van der Waals surface area (Å²) in [5, 5.41) is 0. The van der Waals surface area contributed by atoms with Crippen molar-refractivity contribution in [3.8, 4) is 0 Å². The lowest BCUT2D eigenvalue weighted by atomic mass is 10.0. The Hall–Kier alpha value is -0.560. The van der Waals surface area contributed by atoms with Crippen LogP contribution in [0.15, 0.2) is 23.8 Å². The Kier molecular flexibility index (Phi) is 4.84. The molecular weight excluding hydrogens is 158 g/mol. The number of unbranched alkanes of at least 4 members (excludes halogenated alkanes) is 1. The molecule has 0 aliphatic heterocycles. The number of likely N-dealkylation sites (N-methyl/N-ethyl adjacent to an activating group) is 1. The van der Waals surface area contributed by atoms with Gasteiger partial charge in [0, 0.05) is 6.54 Å². The molecule has 0 aromatic rings.